The van der Waals surface area contributed by atoms with E-state index in [0.29, 0.717) is 22.3 Å². The van der Waals surface area contributed by atoms with Gasteiger partial charge in [-0.3, -0.25) is 0 Å². The first-order valence-electron chi connectivity index (χ1n) is 7.12. The van der Waals surface area contributed by atoms with Crippen LogP contribution in [0.15, 0.2) is 60.7 Å². The summed E-state index contributed by atoms with van der Waals surface area (Å²) in [6, 6.07) is 18.7. The van der Waals surface area contributed by atoms with Crippen molar-refractivity contribution in [3.8, 4) is 22.8 Å². The van der Waals surface area contributed by atoms with Crippen molar-refractivity contribution in [3.05, 3.63) is 71.0 Å². The summed E-state index contributed by atoms with van der Waals surface area (Å²) in [7, 11) is 0. The molecule has 0 fully saturated rings. The van der Waals surface area contributed by atoms with Gasteiger partial charge in [0.2, 0.25) is 11.2 Å². The third-order valence-electron chi connectivity index (χ3n) is 3.47. The Labute approximate surface area is 147 Å². The predicted molar refractivity (Wildman–Crippen MR) is 92.8 cm³/mol. The minimum atomic E-state index is 0.176. The first-order valence-corrected chi connectivity index (χ1v) is 7.88. The highest BCUT2D eigenvalue weighted by atomic mass is 35.5. The summed E-state index contributed by atoms with van der Waals surface area (Å²) >= 11 is 12.3. The van der Waals surface area contributed by atoms with Gasteiger partial charge in [-0.1, -0.05) is 48.0 Å². The molecule has 0 amide bonds. The number of fused-ring (bicyclic) bond motifs is 1. The molecule has 0 saturated carbocycles. The van der Waals surface area contributed by atoms with Crippen LogP contribution in [-0.2, 0) is 0 Å². The zero-order chi connectivity index (χ0) is 16.5. The number of hydrogen-bond acceptors (Lipinski definition) is 4. The second-order valence-corrected chi connectivity index (χ2v) is 5.73. The van der Waals surface area contributed by atoms with Crippen molar-refractivity contribution in [1.82, 2.24) is 19.8 Å². The summed E-state index contributed by atoms with van der Waals surface area (Å²) in [5.41, 5.74) is 2.31. The lowest BCUT2D eigenvalue weighted by molar-refractivity contribution is 0.454. The first-order chi connectivity index (χ1) is 11.7. The Morgan fingerprint density at radius 2 is 1.54 bits per heavy atom. The van der Waals surface area contributed by atoms with Crippen LogP contribution >= 0.6 is 23.2 Å². The normalized spacial score (nSPS) is 10.9. The zero-order valence-electron chi connectivity index (χ0n) is 12.2. The number of benzene rings is 2. The topological polar surface area (TPSA) is 52.3 Å². The van der Waals surface area contributed by atoms with Crippen molar-refractivity contribution in [2.75, 3.05) is 0 Å². The third kappa shape index (κ3) is 2.68. The van der Waals surface area contributed by atoms with Crippen LogP contribution in [0.1, 0.15) is 0 Å². The van der Waals surface area contributed by atoms with Gasteiger partial charge in [0.25, 0.3) is 0 Å². The van der Waals surface area contributed by atoms with Gasteiger partial charge in [0, 0.05) is 22.2 Å². The summed E-state index contributed by atoms with van der Waals surface area (Å²) in [6.07, 6.45) is 0. The lowest BCUT2D eigenvalue weighted by Gasteiger charge is -2.11. The Balaban J connectivity index is 1.77. The summed E-state index contributed by atoms with van der Waals surface area (Å²) in [6.45, 7) is 0. The quantitative estimate of drug-likeness (QED) is 0.524. The van der Waals surface area contributed by atoms with Gasteiger partial charge in [0.05, 0.1) is 0 Å². The van der Waals surface area contributed by atoms with E-state index >= 15 is 0 Å². The molecule has 2 aromatic heterocycles. The summed E-state index contributed by atoms with van der Waals surface area (Å²) < 4.78 is 7.36. The average Bonchev–Trinajstić information content (AvgIpc) is 2.97. The first kappa shape index (κ1) is 14.9. The van der Waals surface area contributed by atoms with E-state index in [0.717, 1.165) is 11.1 Å². The molecule has 0 unspecified atom stereocenters. The maximum absolute atomic E-state index is 6.31. The minimum absolute atomic E-state index is 0.176. The molecule has 24 heavy (non-hydrogen) atoms. The molecular weight excluding hydrogens is 347 g/mol. The second-order valence-electron chi connectivity index (χ2n) is 4.99. The largest absolute Gasteiger partial charge is 0.437 e. The summed E-state index contributed by atoms with van der Waals surface area (Å²) in [4.78, 5) is 0. The Hall–Kier alpha value is -2.63. The molecule has 5 nitrogen and oxygen atoms in total. The van der Waals surface area contributed by atoms with Gasteiger partial charge in [0.15, 0.2) is 5.65 Å². The third-order valence-corrected chi connectivity index (χ3v) is 4.03. The summed E-state index contributed by atoms with van der Waals surface area (Å²) in [5.74, 6) is 1.02. The monoisotopic (exact) mass is 356 g/mol. The highest BCUT2D eigenvalue weighted by molar-refractivity contribution is 6.33. The number of hydrogen-bond donors (Lipinski definition) is 0. The van der Waals surface area contributed by atoms with Crippen LogP contribution in [0.5, 0.6) is 11.6 Å². The van der Waals surface area contributed by atoms with Crippen molar-refractivity contribution in [2.45, 2.75) is 0 Å². The second kappa shape index (κ2) is 6.11. The molecule has 0 bridgehead atoms. The molecule has 2 heterocycles. The van der Waals surface area contributed by atoms with Crippen molar-refractivity contribution in [2.24, 2.45) is 0 Å². The van der Waals surface area contributed by atoms with Crippen LogP contribution in [0, 0.1) is 0 Å². The van der Waals surface area contributed by atoms with Gasteiger partial charge < -0.3 is 4.74 Å². The van der Waals surface area contributed by atoms with Crippen molar-refractivity contribution in [1.29, 1.82) is 0 Å². The molecule has 4 aromatic rings. The summed E-state index contributed by atoms with van der Waals surface area (Å²) in [5, 5.41) is 12.8. The van der Waals surface area contributed by atoms with Crippen molar-refractivity contribution >= 4 is 28.8 Å². The van der Waals surface area contributed by atoms with E-state index < -0.39 is 0 Å². The van der Waals surface area contributed by atoms with Gasteiger partial charge in [-0.05, 0) is 29.8 Å². The lowest BCUT2D eigenvalue weighted by atomic mass is 10.0. The van der Waals surface area contributed by atoms with Gasteiger partial charge in [-0.2, -0.15) is 4.52 Å². The number of rotatable bonds is 3. The van der Waals surface area contributed by atoms with Crippen LogP contribution in [0.25, 0.3) is 16.8 Å². The molecule has 7 heteroatoms. The molecule has 0 aliphatic rings. The SMILES string of the molecule is Clc1ccccc1-c1ccccc1Oc1ccc2nnc(Cl)n2n1. The molecule has 0 atom stereocenters. The molecule has 0 spiro atoms. The van der Waals surface area contributed by atoms with Crippen LogP contribution in [-0.4, -0.2) is 19.8 Å². The molecule has 118 valence electrons. The molecule has 2 aromatic carbocycles. The number of aromatic nitrogens is 4. The minimum Gasteiger partial charge on any atom is -0.437 e. The van der Waals surface area contributed by atoms with Gasteiger partial charge in [-0.25, -0.2) is 0 Å². The number of halogens is 2. The average molecular weight is 357 g/mol. The Kier molecular flexibility index (Phi) is 3.80. The highest BCUT2D eigenvalue weighted by Crippen LogP contribution is 2.36. The molecule has 0 radical (unpaired) electrons. The molecule has 0 aliphatic carbocycles. The Bertz CT molecular complexity index is 1030. The standard InChI is InChI=1S/C17H10Cl2N4O/c18-13-7-3-1-5-11(13)12-6-2-4-8-14(12)24-16-10-9-15-20-21-17(19)23(15)22-16/h1-10H. The molecule has 4 rings (SSSR count). The van der Waals surface area contributed by atoms with Gasteiger partial charge in [0.1, 0.15) is 5.75 Å². The van der Waals surface area contributed by atoms with Crippen molar-refractivity contribution < 1.29 is 4.74 Å². The van der Waals surface area contributed by atoms with E-state index in [9.17, 15) is 0 Å². The maximum atomic E-state index is 6.31. The van der Waals surface area contributed by atoms with Crippen LogP contribution in [0.4, 0.5) is 0 Å². The number of nitrogens with zero attached hydrogens (tertiary/aromatic N) is 4. The molecular formula is C17H10Cl2N4O. The number of ether oxygens (including phenoxy) is 1. The molecule has 0 N–H and O–H groups in total. The fourth-order valence-electron chi connectivity index (χ4n) is 2.37. The van der Waals surface area contributed by atoms with Gasteiger partial charge in [-0.15, -0.1) is 15.3 Å². The van der Waals surface area contributed by atoms with E-state index in [-0.39, 0.29) is 5.28 Å². The molecule has 0 saturated heterocycles. The Morgan fingerprint density at radius 3 is 2.38 bits per heavy atom. The van der Waals surface area contributed by atoms with E-state index in [2.05, 4.69) is 15.3 Å². The van der Waals surface area contributed by atoms with E-state index in [4.69, 9.17) is 27.9 Å². The van der Waals surface area contributed by atoms with E-state index in [1.807, 2.05) is 48.5 Å². The van der Waals surface area contributed by atoms with Crippen molar-refractivity contribution in [3.63, 3.8) is 0 Å². The predicted octanol–water partition coefficient (Wildman–Crippen LogP) is 4.89. The van der Waals surface area contributed by atoms with Gasteiger partial charge >= 0.3 is 0 Å². The lowest BCUT2D eigenvalue weighted by Crippen LogP contribution is -1.96. The van der Waals surface area contributed by atoms with Crippen LogP contribution in [0.3, 0.4) is 0 Å². The Morgan fingerprint density at radius 1 is 0.792 bits per heavy atom. The van der Waals surface area contributed by atoms with E-state index in [1.54, 1.807) is 12.1 Å². The highest BCUT2D eigenvalue weighted by Gasteiger charge is 2.12. The fraction of sp³-hybridized carbons (Fsp3) is 0. The fourth-order valence-corrected chi connectivity index (χ4v) is 2.77. The maximum Gasteiger partial charge on any atom is 0.246 e. The zero-order valence-corrected chi connectivity index (χ0v) is 13.7. The number of para-hydroxylation sites is 1. The van der Waals surface area contributed by atoms with Crippen LogP contribution in [0.2, 0.25) is 10.3 Å². The smallest absolute Gasteiger partial charge is 0.246 e. The van der Waals surface area contributed by atoms with E-state index in [1.165, 1.54) is 4.52 Å². The molecule has 0 aliphatic heterocycles. The van der Waals surface area contributed by atoms with Crippen LogP contribution < -0.4 is 4.74 Å².